The summed E-state index contributed by atoms with van der Waals surface area (Å²) in [6.07, 6.45) is 10.7. The van der Waals surface area contributed by atoms with Crippen molar-refractivity contribution in [2.24, 2.45) is 17.6 Å². The van der Waals surface area contributed by atoms with Crippen LogP contribution in [0.3, 0.4) is 0 Å². The molecule has 0 aromatic carbocycles. The Balaban J connectivity index is 1.71. The fourth-order valence-corrected chi connectivity index (χ4v) is 4.87. The zero-order valence-electron chi connectivity index (χ0n) is 17.2. The molecule has 0 unspecified atom stereocenters. The van der Waals surface area contributed by atoms with Crippen LogP contribution in [-0.4, -0.2) is 39.4 Å². The molecule has 7 nitrogen and oxygen atoms in total. The van der Waals surface area contributed by atoms with Gasteiger partial charge in [0.25, 0.3) is 0 Å². The quantitative estimate of drug-likeness (QED) is 0.760. The summed E-state index contributed by atoms with van der Waals surface area (Å²) in [6, 6.07) is 0. The Labute approximate surface area is 167 Å². The van der Waals surface area contributed by atoms with E-state index in [2.05, 4.69) is 26.6 Å². The van der Waals surface area contributed by atoms with Crippen LogP contribution in [0.1, 0.15) is 64.1 Å². The highest BCUT2D eigenvalue weighted by molar-refractivity contribution is 5.93. The monoisotopic (exact) mass is 385 g/mol. The van der Waals surface area contributed by atoms with Crippen LogP contribution in [-0.2, 0) is 13.0 Å². The van der Waals surface area contributed by atoms with Crippen LogP contribution in [0, 0.1) is 11.8 Å². The second-order valence-electron chi connectivity index (χ2n) is 8.66. The molecule has 154 valence electrons. The fourth-order valence-electron chi connectivity index (χ4n) is 4.87. The Morgan fingerprint density at radius 2 is 1.75 bits per heavy atom. The molecule has 1 aliphatic heterocycles. The highest BCUT2D eigenvalue weighted by Crippen LogP contribution is 2.34. The minimum Gasteiger partial charge on any atom is -0.380 e. The topological polar surface area (TPSA) is 98.9 Å². The van der Waals surface area contributed by atoms with E-state index in [1.54, 1.807) is 0 Å². The maximum absolute atomic E-state index is 6.22. The molecule has 2 aromatic rings. The molecule has 2 aromatic heterocycles. The predicted molar refractivity (Wildman–Crippen MR) is 114 cm³/mol. The summed E-state index contributed by atoms with van der Waals surface area (Å²) >= 11 is 0. The molecule has 0 atom stereocenters. The van der Waals surface area contributed by atoms with E-state index in [-0.39, 0.29) is 0 Å². The molecule has 2 fully saturated rings. The van der Waals surface area contributed by atoms with Crippen LogP contribution in [0.5, 0.6) is 0 Å². The zero-order chi connectivity index (χ0) is 19.5. The fraction of sp³-hybridized carbons (Fsp3) is 0.762. The van der Waals surface area contributed by atoms with Gasteiger partial charge in [-0.05, 0) is 63.3 Å². The number of nitrogens with two attached hydrogens (primary N) is 2. The minimum absolute atomic E-state index is 0.460. The van der Waals surface area contributed by atoms with E-state index < -0.39 is 0 Å². The van der Waals surface area contributed by atoms with Crippen molar-refractivity contribution >= 4 is 22.7 Å². The van der Waals surface area contributed by atoms with Crippen molar-refractivity contribution in [3.8, 4) is 0 Å². The molecule has 1 saturated carbocycles. The average Bonchev–Trinajstić information content (AvgIpc) is 3.37. The molecule has 0 radical (unpaired) electrons. The third-order valence-corrected chi connectivity index (χ3v) is 6.65. The largest absolute Gasteiger partial charge is 0.380 e. The molecule has 4 rings (SSSR count). The summed E-state index contributed by atoms with van der Waals surface area (Å²) in [5, 5.41) is 8.79. The third-order valence-electron chi connectivity index (χ3n) is 6.65. The first-order valence-corrected chi connectivity index (χ1v) is 11.2. The molecule has 1 aliphatic carbocycles. The van der Waals surface area contributed by atoms with Gasteiger partial charge in [0, 0.05) is 26.1 Å². The van der Waals surface area contributed by atoms with Gasteiger partial charge in [-0.2, -0.15) is 0 Å². The molecule has 28 heavy (non-hydrogen) atoms. The van der Waals surface area contributed by atoms with E-state index in [0.29, 0.717) is 17.7 Å². The lowest BCUT2D eigenvalue weighted by molar-refractivity contribution is 0.256. The van der Waals surface area contributed by atoms with E-state index >= 15 is 0 Å². The molecule has 2 aliphatic rings. The van der Waals surface area contributed by atoms with Crippen LogP contribution in [0.2, 0.25) is 0 Å². The summed E-state index contributed by atoms with van der Waals surface area (Å²) in [6.45, 7) is 6.16. The molecule has 1 saturated heterocycles. The molecular formula is C21H35N7. The number of aromatic nitrogens is 4. The second kappa shape index (κ2) is 8.64. The van der Waals surface area contributed by atoms with Gasteiger partial charge in [-0.25, -0.2) is 4.98 Å². The molecule has 0 spiro atoms. The van der Waals surface area contributed by atoms with E-state index in [1.165, 1.54) is 38.5 Å². The van der Waals surface area contributed by atoms with Crippen LogP contribution < -0.4 is 16.4 Å². The lowest BCUT2D eigenvalue weighted by Gasteiger charge is -2.29. The van der Waals surface area contributed by atoms with Gasteiger partial charge in [0.1, 0.15) is 16.9 Å². The van der Waals surface area contributed by atoms with Crippen molar-refractivity contribution in [3.63, 3.8) is 0 Å². The van der Waals surface area contributed by atoms with Gasteiger partial charge < -0.3 is 20.9 Å². The molecule has 0 amide bonds. The number of hydrogen-bond acceptors (Lipinski definition) is 6. The predicted octanol–water partition coefficient (Wildman–Crippen LogP) is 3.12. The Bertz CT molecular complexity index is 786. The summed E-state index contributed by atoms with van der Waals surface area (Å²) < 4.78 is 2.44. The van der Waals surface area contributed by atoms with Crippen molar-refractivity contribution in [2.45, 2.75) is 71.3 Å². The molecule has 4 N–H and O–H groups in total. The van der Waals surface area contributed by atoms with Crippen molar-refractivity contribution in [1.29, 1.82) is 0 Å². The number of nitrogen functional groups attached to an aromatic ring is 1. The van der Waals surface area contributed by atoms with Crippen molar-refractivity contribution in [1.82, 2.24) is 19.7 Å². The van der Waals surface area contributed by atoms with Crippen molar-refractivity contribution in [3.05, 3.63) is 5.82 Å². The number of imidazole rings is 1. The Morgan fingerprint density at radius 3 is 2.43 bits per heavy atom. The number of nitrogens with zero attached hydrogens (tertiary/aromatic N) is 5. The van der Waals surface area contributed by atoms with Crippen molar-refractivity contribution < 1.29 is 0 Å². The summed E-state index contributed by atoms with van der Waals surface area (Å²) in [4.78, 5) is 7.33. The maximum Gasteiger partial charge on any atom is 0.177 e. The van der Waals surface area contributed by atoms with E-state index in [9.17, 15) is 0 Å². The standard InChI is InChI=1S/C21H35N7/c1-2-3-6-17-24-18-19(21(26-25-20(18)23)27-11-4-5-12-27)28(17)14-16-9-7-15(13-22)8-10-16/h15-16H,2-14,22H2,1H3,(H2,23,25). The van der Waals surface area contributed by atoms with E-state index in [4.69, 9.17) is 16.5 Å². The first kappa shape index (κ1) is 19.4. The van der Waals surface area contributed by atoms with Crippen LogP contribution in [0.15, 0.2) is 0 Å². The summed E-state index contributed by atoms with van der Waals surface area (Å²) in [7, 11) is 0. The zero-order valence-corrected chi connectivity index (χ0v) is 17.2. The SMILES string of the molecule is CCCCc1nc2c(N)nnc(N3CCCC3)c2n1CC1CCC(CN)CC1. The van der Waals surface area contributed by atoms with Gasteiger partial charge in [0.2, 0.25) is 0 Å². The molecular weight excluding hydrogens is 350 g/mol. The highest BCUT2D eigenvalue weighted by Gasteiger charge is 2.27. The van der Waals surface area contributed by atoms with E-state index in [0.717, 1.165) is 68.1 Å². The van der Waals surface area contributed by atoms with Crippen LogP contribution in [0.4, 0.5) is 11.6 Å². The van der Waals surface area contributed by atoms with Crippen molar-refractivity contribution in [2.75, 3.05) is 30.3 Å². The molecule has 3 heterocycles. The van der Waals surface area contributed by atoms with E-state index in [1.807, 2.05) is 0 Å². The average molecular weight is 386 g/mol. The highest BCUT2D eigenvalue weighted by atomic mass is 15.3. The van der Waals surface area contributed by atoms with Gasteiger partial charge >= 0.3 is 0 Å². The van der Waals surface area contributed by atoms with Gasteiger partial charge in [0.15, 0.2) is 11.6 Å². The first-order chi connectivity index (χ1) is 13.7. The van der Waals surface area contributed by atoms with Crippen LogP contribution in [0.25, 0.3) is 11.0 Å². The number of aryl methyl sites for hydroxylation is 1. The van der Waals surface area contributed by atoms with Gasteiger partial charge in [-0.3, -0.25) is 0 Å². The minimum atomic E-state index is 0.460. The lowest BCUT2D eigenvalue weighted by atomic mass is 9.82. The number of hydrogen-bond donors (Lipinski definition) is 2. The Hall–Kier alpha value is -1.89. The smallest absolute Gasteiger partial charge is 0.177 e. The summed E-state index contributed by atoms with van der Waals surface area (Å²) in [5.74, 6) is 3.98. The Morgan fingerprint density at radius 1 is 1.04 bits per heavy atom. The molecule has 7 heteroatoms. The first-order valence-electron chi connectivity index (χ1n) is 11.2. The number of fused-ring (bicyclic) bond motifs is 1. The van der Waals surface area contributed by atoms with Crippen LogP contribution >= 0.6 is 0 Å². The summed E-state index contributed by atoms with van der Waals surface area (Å²) in [5.41, 5.74) is 14.1. The van der Waals surface area contributed by atoms with Gasteiger partial charge in [-0.15, -0.1) is 10.2 Å². The van der Waals surface area contributed by atoms with Gasteiger partial charge in [-0.1, -0.05) is 13.3 Å². The van der Waals surface area contributed by atoms with Gasteiger partial charge in [0.05, 0.1) is 0 Å². The lowest BCUT2D eigenvalue weighted by Crippen LogP contribution is -2.25. The maximum atomic E-state index is 6.22. The number of anilines is 2. The number of rotatable bonds is 7. The second-order valence-corrected chi connectivity index (χ2v) is 8.66. The Kier molecular flexibility index (Phi) is 5.99. The normalized spacial score (nSPS) is 23.0. The molecule has 0 bridgehead atoms. The third kappa shape index (κ3) is 3.81. The number of unbranched alkanes of at least 4 members (excludes halogenated alkanes) is 1.